The minimum atomic E-state index is -0.662. The highest BCUT2D eigenvalue weighted by atomic mass is 16.5. The summed E-state index contributed by atoms with van der Waals surface area (Å²) in [6.07, 6.45) is 0.807. The fourth-order valence-corrected chi connectivity index (χ4v) is 2.94. The molecule has 0 radical (unpaired) electrons. The van der Waals surface area contributed by atoms with Gasteiger partial charge in [-0.1, -0.05) is 31.2 Å². The molecule has 168 valence electrons. The molecule has 2 aromatic carbocycles. The van der Waals surface area contributed by atoms with E-state index in [9.17, 15) is 9.59 Å². The maximum absolute atomic E-state index is 13.1. The number of nitrogens with zero attached hydrogens (tertiary/aromatic N) is 1. The second kappa shape index (κ2) is 11.8. The first-order valence-corrected chi connectivity index (χ1v) is 10.4. The Bertz CT molecular complexity index is 853. The van der Waals surface area contributed by atoms with Crippen molar-refractivity contribution in [1.82, 2.24) is 10.2 Å². The molecular formula is C24H32N2O5. The van der Waals surface area contributed by atoms with Crippen LogP contribution >= 0.6 is 0 Å². The van der Waals surface area contributed by atoms with Crippen molar-refractivity contribution in [2.45, 2.75) is 45.8 Å². The number of para-hydroxylation sites is 2. The third-order valence-electron chi connectivity index (χ3n) is 5.10. The lowest BCUT2D eigenvalue weighted by molar-refractivity contribution is -0.142. The maximum Gasteiger partial charge on any atom is 0.261 e. The summed E-state index contributed by atoms with van der Waals surface area (Å²) in [6.45, 7) is 5.72. The van der Waals surface area contributed by atoms with Gasteiger partial charge in [0.25, 0.3) is 5.91 Å². The first-order valence-electron chi connectivity index (χ1n) is 10.4. The number of benzene rings is 2. The van der Waals surface area contributed by atoms with Gasteiger partial charge in [0.2, 0.25) is 5.91 Å². The molecule has 0 saturated heterocycles. The average Bonchev–Trinajstić information content (AvgIpc) is 2.80. The highest BCUT2D eigenvalue weighted by Crippen LogP contribution is 2.26. The SMILES string of the molecule is CC[C@H](C)NC(=O)[C@H](C)N(Cc1ccc(OC)cc1)C(=O)COc1ccccc1OC. The lowest BCUT2D eigenvalue weighted by Gasteiger charge is -2.29. The Morgan fingerprint density at radius 1 is 0.968 bits per heavy atom. The summed E-state index contributed by atoms with van der Waals surface area (Å²) in [5.41, 5.74) is 0.884. The van der Waals surface area contributed by atoms with Gasteiger partial charge in [-0.25, -0.2) is 0 Å². The molecule has 2 rings (SSSR count). The molecular weight excluding hydrogens is 396 g/mol. The zero-order chi connectivity index (χ0) is 22.8. The largest absolute Gasteiger partial charge is 0.497 e. The molecule has 0 aromatic heterocycles. The first kappa shape index (κ1) is 24.1. The molecule has 0 spiro atoms. The highest BCUT2D eigenvalue weighted by Gasteiger charge is 2.27. The van der Waals surface area contributed by atoms with Gasteiger partial charge in [0.1, 0.15) is 11.8 Å². The molecule has 0 saturated carbocycles. The van der Waals surface area contributed by atoms with Crippen LogP contribution in [0.4, 0.5) is 0 Å². The van der Waals surface area contributed by atoms with E-state index in [4.69, 9.17) is 14.2 Å². The van der Waals surface area contributed by atoms with Crippen LogP contribution in [0, 0.1) is 0 Å². The molecule has 7 heteroatoms. The molecule has 0 heterocycles. The van der Waals surface area contributed by atoms with Crippen LogP contribution in [0.15, 0.2) is 48.5 Å². The molecule has 0 aliphatic heterocycles. The third kappa shape index (κ3) is 6.91. The van der Waals surface area contributed by atoms with Gasteiger partial charge in [0.05, 0.1) is 14.2 Å². The van der Waals surface area contributed by atoms with Gasteiger partial charge in [-0.15, -0.1) is 0 Å². The summed E-state index contributed by atoms with van der Waals surface area (Å²) in [6, 6.07) is 13.9. The Kier molecular flexibility index (Phi) is 9.18. The Labute approximate surface area is 184 Å². The van der Waals surface area contributed by atoms with Crippen LogP contribution in [0.25, 0.3) is 0 Å². The van der Waals surface area contributed by atoms with Crippen molar-refractivity contribution < 1.29 is 23.8 Å². The van der Waals surface area contributed by atoms with Gasteiger partial charge in [-0.05, 0) is 50.1 Å². The summed E-state index contributed by atoms with van der Waals surface area (Å²) < 4.78 is 16.2. The summed E-state index contributed by atoms with van der Waals surface area (Å²) >= 11 is 0. The molecule has 0 aliphatic rings. The molecule has 1 N–H and O–H groups in total. The zero-order valence-corrected chi connectivity index (χ0v) is 18.9. The molecule has 0 aliphatic carbocycles. The average molecular weight is 429 g/mol. The quantitative estimate of drug-likeness (QED) is 0.594. The highest BCUT2D eigenvalue weighted by molar-refractivity contribution is 5.88. The van der Waals surface area contributed by atoms with Crippen molar-refractivity contribution in [2.75, 3.05) is 20.8 Å². The van der Waals surface area contributed by atoms with Crippen LogP contribution in [0.1, 0.15) is 32.8 Å². The van der Waals surface area contributed by atoms with Crippen molar-refractivity contribution in [1.29, 1.82) is 0 Å². The zero-order valence-electron chi connectivity index (χ0n) is 18.9. The Balaban J connectivity index is 2.18. The van der Waals surface area contributed by atoms with Crippen molar-refractivity contribution in [3.8, 4) is 17.2 Å². The van der Waals surface area contributed by atoms with Crippen molar-refractivity contribution in [3.63, 3.8) is 0 Å². The van der Waals surface area contributed by atoms with Gasteiger partial charge in [-0.3, -0.25) is 9.59 Å². The standard InChI is InChI=1S/C24H32N2O5/c1-6-17(2)25-24(28)18(3)26(15-19-11-13-20(29-4)14-12-19)23(27)16-31-22-10-8-7-9-21(22)30-5/h7-14,17-18H,6,15-16H2,1-5H3,(H,25,28)/t17-,18-/m0/s1. The molecule has 2 aromatic rings. The van der Waals surface area contributed by atoms with Gasteiger partial charge in [0, 0.05) is 12.6 Å². The van der Waals surface area contributed by atoms with Crippen molar-refractivity contribution >= 4 is 11.8 Å². The molecule has 2 atom stereocenters. The molecule has 0 unspecified atom stereocenters. The summed E-state index contributed by atoms with van der Waals surface area (Å²) in [7, 11) is 3.14. The Morgan fingerprint density at radius 2 is 1.61 bits per heavy atom. The van der Waals surface area contributed by atoms with Crippen LogP contribution < -0.4 is 19.5 Å². The lowest BCUT2D eigenvalue weighted by Crippen LogP contribution is -2.50. The number of carbonyl (C=O) groups excluding carboxylic acids is 2. The smallest absolute Gasteiger partial charge is 0.261 e. The van der Waals surface area contributed by atoms with Gasteiger partial charge >= 0.3 is 0 Å². The minimum Gasteiger partial charge on any atom is -0.497 e. The van der Waals surface area contributed by atoms with E-state index in [1.54, 1.807) is 39.3 Å². The molecule has 7 nitrogen and oxygen atoms in total. The number of amides is 2. The third-order valence-corrected chi connectivity index (χ3v) is 5.10. The van der Waals surface area contributed by atoms with E-state index in [0.717, 1.165) is 17.7 Å². The van der Waals surface area contributed by atoms with Crippen molar-refractivity contribution in [2.24, 2.45) is 0 Å². The van der Waals surface area contributed by atoms with E-state index in [1.807, 2.05) is 44.2 Å². The molecule has 0 fully saturated rings. The minimum absolute atomic E-state index is 0.0257. The summed E-state index contributed by atoms with van der Waals surface area (Å²) in [4.78, 5) is 27.4. The normalized spacial score (nSPS) is 12.4. The van der Waals surface area contributed by atoms with E-state index in [0.29, 0.717) is 11.5 Å². The predicted octanol–water partition coefficient (Wildman–Crippen LogP) is 3.41. The second-order valence-electron chi connectivity index (χ2n) is 7.30. The number of hydrogen-bond donors (Lipinski definition) is 1. The number of nitrogens with one attached hydrogen (secondary N) is 1. The number of methoxy groups -OCH3 is 2. The van der Waals surface area contributed by atoms with Crippen LogP contribution in [0.3, 0.4) is 0 Å². The lowest BCUT2D eigenvalue weighted by atomic mass is 10.1. The van der Waals surface area contributed by atoms with Gasteiger partial charge in [0.15, 0.2) is 18.1 Å². The summed E-state index contributed by atoms with van der Waals surface area (Å²) in [5, 5.41) is 2.95. The number of hydrogen-bond acceptors (Lipinski definition) is 5. The molecule has 31 heavy (non-hydrogen) atoms. The van der Waals surface area contributed by atoms with Crippen molar-refractivity contribution in [3.05, 3.63) is 54.1 Å². The Hall–Kier alpha value is -3.22. The van der Waals surface area contributed by atoms with E-state index < -0.39 is 6.04 Å². The van der Waals surface area contributed by atoms with E-state index in [1.165, 1.54) is 4.90 Å². The fraction of sp³-hybridized carbons (Fsp3) is 0.417. The first-order chi connectivity index (χ1) is 14.9. The molecule has 0 bridgehead atoms. The van der Waals surface area contributed by atoms with Crippen LogP contribution in [0.2, 0.25) is 0 Å². The Morgan fingerprint density at radius 3 is 2.19 bits per heavy atom. The number of carbonyl (C=O) groups is 2. The molecule has 2 amide bonds. The van der Waals surface area contributed by atoms with E-state index in [-0.39, 0.29) is 31.0 Å². The van der Waals surface area contributed by atoms with Gasteiger partial charge < -0.3 is 24.4 Å². The second-order valence-corrected chi connectivity index (χ2v) is 7.30. The monoisotopic (exact) mass is 428 g/mol. The van der Waals surface area contributed by atoms with Crippen LogP contribution in [-0.4, -0.2) is 49.6 Å². The van der Waals surface area contributed by atoms with E-state index >= 15 is 0 Å². The van der Waals surface area contributed by atoms with Gasteiger partial charge in [-0.2, -0.15) is 0 Å². The maximum atomic E-state index is 13.1. The van der Waals surface area contributed by atoms with Crippen LogP contribution in [-0.2, 0) is 16.1 Å². The number of ether oxygens (including phenoxy) is 3. The van der Waals surface area contributed by atoms with Crippen LogP contribution in [0.5, 0.6) is 17.2 Å². The summed E-state index contributed by atoms with van der Waals surface area (Å²) in [5.74, 6) is 1.24. The fourth-order valence-electron chi connectivity index (χ4n) is 2.94. The predicted molar refractivity (Wildman–Crippen MR) is 119 cm³/mol. The number of rotatable bonds is 11. The van der Waals surface area contributed by atoms with E-state index in [2.05, 4.69) is 5.32 Å². The topological polar surface area (TPSA) is 77.1 Å².